The van der Waals surface area contributed by atoms with Gasteiger partial charge in [-0.15, -0.1) is 0 Å². The Morgan fingerprint density at radius 1 is 1.32 bits per heavy atom. The van der Waals surface area contributed by atoms with Crippen molar-refractivity contribution in [2.24, 2.45) is 0 Å². The van der Waals surface area contributed by atoms with E-state index in [1.807, 2.05) is 5.48 Å². The first-order valence-corrected chi connectivity index (χ1v) is 7.39. The van der Waals surface area contributed by atoms with Crippen LogP contribution in [0.1, 0.15) is 5.56 Å². The highest BCUT2D eigenvalue weighted by atomic mass is 32.1. The van der Waals surface area contributed by atoms with Gasteiger partial charge in [-0.2, -0.15) is 0 Å². The van der Waals surface area contributed by atoms with E-state index in [-0.39, 0.29) is 11.0 Å². The minimum absolute atomic E-state index is 0.0957. The molecule has 0 aliphatic carbocycles. The highest BCUT2D eigenvalue weighted by Gasteiger charge is 2.15. The van der Waals surface area contributed by atoms with Crippen molar-refractivity contribution in [1.29, 1.82) is 0 Å². The van der Waals surface area contributed by atoms with Gasteiger partial charge in [0.15, 0.2) is 0 Å². The predicted molar refractivity (Wildman–Crippen MR) is 84.3 cm³/mol. The van der Waals surface area contributed by atoms with Crippen LogP contribution in [-0.2, 0) is 4.74 Å². The van der Waals surface area contributed by atoms with E-state index in [2.05, 4.69) is 5.32 Å². The van der Waals surface area contributed by atoms with Crippen LogP contribution in [0.2, 0.25) is 0 Å². The zero-order valence-corrected chi connectivity index (χ0v) is 12.9. The summed E-state index contributed by atoms with van der Waals surface area (Å²) in [5.41, 5.74) is 2.63. The number of hydroxylamine groups is 1. The van der Waals surface area contributed by atoms with Gasteiger partial charge >= 0.3 is 6.03 Å². The molecule has 8 heteroatoms. The van der Waals surface area contributed by atoms with Gasteiger partial charge in [-0.1, -0.05) is 12.2 Å². The molecule has 0 aromatic heterocycles. The maximum Gasteiger partial charge on any atom is 0.317 e. The van der Waals surface area contributed by atoms with E-state index in [1.165, 1.54) is 0 Å². The van der Waals surface area contributed by atoms with E-state index in [0.717, 1.165) is 0 Å². The van der Waals surface area contributed by atoms with Crippen molar-refractivity contribution < 1.29 is 19.5 Å². The third kappa shape index (κ3) is 4.83. The van der Waals surface area contributed by atoms with Crippen LogP contribution in [0, 0.1) is 0 Å². The van der Waals surface area contributed by atoms with Crippen LogP contribution in [0.4, 0.5) is 4.79 Å². The first-order valence-electron chi connectivity index (χ1n) is 6.98. The highest BCUT2D eigenvalue weighted by Crippen LogP contribution is 2.12. The molecule has 0 atom stereocenters. The lowest BCUT2D eigenvalue weighted by Gasteiger charge is -2.26. The molecule has 7 nitrogen and oxygen atoms in total. The number of hydrogen-bond acceptors (Lipinski definition) is 5. The molecule has 1 aromatic carbocycles. The number of nitrogens with zero attached hydrogens (tertiary/aromatic N) is 1. The molecule has 0 saturated carbocycles. The molecule has 0 spiro atoms. The summed E-state index contributed by atoms with van der Waals surface area (Å²) in [7, 11) is 0. The molecular formula is C14H19N3O4S. The zero-order valence-electron chi connectivity index (χ0n) is 12.1. The van der Waals surface area contributed by atoms with Crippen molar-refractivity contribution in [2.75, 3.05) is 39.5 Å². The zero-order chi connectivity index (χ0) is 15.8. The summed E-state index contributed by atoms with van der Waals surface area (Å²) >= 11 is 4.90. The standard InChI is InChI=1S/C14H19N3O4S/c18-14(17-6-9-20-10-7-17)15-5-8-21-12-3-1-11(2-4-12)13(22)16-19/h1-4,19H,5-10H2,(H,15,18)(H,16,22). The Kier molecular flexibility index (Phi) is 6.38. The molecule has 0 unspecified atom stereocenters. The number of benzene rings is 1. The van der Waals surface area contributed by atoms with Crippen molar-refractivity contribution in [3.8, 4) is 5.75 Å². The maximum absolute atomic E-state index is 11.8. The van der Waals surface area contributed by atoms with E-state index in [9.17, 15) is 4.79 Å². The van der Waals surface area contributed by atoms with Crippen LogP contribution in [0.5, 0.6) is 5.75 Å². The van der Waals surface area contributed by atoms with Crippen LogP contribution < -0.4 is 15.5 Å². The largest absolute Gasteiger partial charge is 0.492 e. The number of morpholine rings is 1. The first-order chi connectivity index (χ1) is 10.7. The van der Waals surface area contributed by atoms with Crippen molar-refractivity contribution in [2.45, 2.75) is 0 Å². The van der Waals surface area contributed by atoms with Crippen LogP contribution in [0.25, 0.3) is 0 Å². The monoisotopic (exact) mass is 325 g/mol. The van der Waals surface area contributed by atoms with E-state index in [1.54, 1.807) is 29.2 Å². The van der Waals surface area contributed by atoms with E-state index < -0.39 is 0 Å². The second kappa shape index (κ2) is 8.52. The Labute approximate surface area is 134 Å². The smallest absolute Gasteiger partial charge is 0.317 e. The molecule has 1 aliphatic heterocycles. The van der Waals surface area contributed by atoms with E-state index in [4.69, 9.17) is 26.9 Å². The highest BCUT2D eigenvalue weighted by molar-refractivity contribution is 7.80. The second-order valence-corrected chi connectivity index (χ2v) is 5.05. The molecule has 0 bridgehead atoms. The fourth-order valence-electron chi connectivity index (χ4n) is 1.97. The van der Waals surface area contributed by atoms with Crippen molar-refractivity contribution >= 4 is 23.2 Å². The Morgan fingerprint density at radius 2 is 2.00 bits per heavy atom. The molecule has 0 radical (unpaired) electrons. The van der Waals surface area contributed by atoms with Gasteiger partial charge in [-0.3, -0.25) is 10.7 Å². The van der Waals surface area contributed by atoms with Crippen molar-refractivity contribution in [1.82, 2.24) is 15.7 Å². The average molecular weight is 325 g/mol. The minimum Gasteiger partial charge on any atom is -0.492 e. The number of carbonyl (C=O) groups is 1. The van der Waals surface area contributed by atoms with Gasteiger partial charge in [0.2, 0.25) is 0 Å². The lowest BCUT2D eigenvalue weighted by atomic mass is 10.2. The molecule has 3 N–H and O–H groups in total. The number of carbonyl (C=O) groups excluding carboxylic acids is 1. The Morgan fingerprint density at radius 3 is 2.64 bits per heavy atom. The molecule has 1 aliphatic rings. The molecule has 120 valence electrons. The van der Waals surface area contributed by atoms with Crippen LogP contribution in [0.15, 0.2) is 24.3 Å². The molecule has 1 saturated heterocycles. The quantitative estimate of drug-likeness (QED) is 0.421. The number of rotatable bonds is 5. The molecule has 1 heterocycles. The minimum atomic E-state index is -0.0957. The molecule has 22 heavy (non-hydrogen) atoms. The lowest BCUT2D eigenvalue weighted by Crippen LogP contribution is -2.47. The summed E-state index contributed by atoms with van der Waals surface area (Å²) in [6, 6.07) is 6.90. The molecule has 2 rings (SSSR count). The van der Waals surface area contributed by atoms with Crippen molar-refractivity contribution in [3.63, 3.8) is 0 Å². The normalized spacial score (nSPS) is 14.3. The number of urea groups is 1. The summed E-state index contributed by atoms with van der Waals surface area (Å²) in [6.07, 6.45) is 0. The van der Waals surface area contributed by atoms with Gasteiger partial charge in [0, 0.05) is 18.7 Å². The number of nitrogens with one attached hydrogen (secondary N) is 2. The van der Waals surface area contributed by atoms with Gasteiger partial charge in [0.05, 0.1) is 19.8 Å². The molecule has 2 amide bonds. The van der Waals surface area contributed by atoms with Crippen LogP contribution in [-0.4, -0.2) is 60.6 Å². The predicted octanol–water partition coefficient (Wildman–Crippen LogP) is 0.761. The number of ether oxygens (including phenoxy) is 2. The Hall–Kier alpha value is -1.90. The van der Waals surface area contributed by atoms with Gasteiger partial charge in [-0.25, -0.2) is 4.79 Å². The summed E-state index contributed by atoms with van der Waals surface area (Å²) in [5.74, 6) is 0.671. The SMILES string of the molecule is O=C(NCCOc1ccc(C(=S)NO)cc1)N1CCOCC1. The fourth-order valence-corrected chi connectivity index (χ4v) is 2.11. The second-order valence-electron chi connectivity index (χ2n) is 4.65. The lowest BCUT2D eigenvalue weighted by molar-refractivity contribution is 0.0530. The summed E-state index contributed by atoms with van der Waals surface area (Å²) < 4.78 is 10.7. The maximum atomic E-state index is 11.8. The average Bonchev–Trinajstić information content (AvgIpc) is 2.59. The molecule has 1 aromatic rings. The van der Waals surface area contributed by atoms with Gasteiger partial charge in [0.1, 0.15) is 17.3 Å². The van der Waals surface area contributed by atoms with Crippen LogP contribution in [0.3, 0.4) is 0 Å². The topological polar surface area (TPSA) is 83.1 Å². The van der Waals surface area contributed by atoms with Crippen molar-refractivity contribution in [3.05, 3.63) is 29.8 Å². The molecule has 1 fully saturated rings. The fraction of sp³-hybridized carbons (Fsp3) is 0.429. The van der Waals surface area contributed by atoms with E-state index >= 15 is 0 Å². The number of thiocarbonyl (C=S) groups is 1. The number of hydrogen-bond donors (Lipinski definition) is 3. The summed E-state index contributed by atoms with van der Waals surface area (Å²) in [4.78, 5) is 13.8. The van der Waals surface area contributed by atoms with Crippen LogP contribution >= 0.6 is 12.2 Å². The third-order valence-electron chi connectivity index (χ3n) is 3.16. The van der Waals surface area contributed by atoms with Gasteiger partial charge in [0.25, 0.3) is 0 Å². The Bertz CT molecular complexity index is 503. The molecular weight excluding hydrogens is 306 g/mol. The summed E-state index contributed by atoms with van der Waals surface area (Å²) in [6.45, 7) is 3.20. The van der Waals surface area contributed by atoms with Gasteiger partial charge in [-0.05, 0) is 24.3 Å². The first kappa shape index (κ1) is 16.5. The third-order valence-corrected chi connectivity index (χ3v) is 3.49. The number of amides is 2. The van der Waals surface area contributed by atoms with E-state index in [0.29, 0.717) is 50.8 Å². The Balaban J connectivity index is 1.67. The summed E-state index contributed by atoms with van der Waals surface area (Å²) in [5, 5.41) is 11.5. The van der Waals surface area contributed by atoms with Gasteiger partial charge < -0.3 is 19.7 Å².